The van der Waals surface area contributed by atoms with Crippen LogP contribution in [0.2, 0.25) is 0 Å². The average molecular weight is 208 g/mol. The second-order valence-electron chi connectivity index (χ2n) is 2.64. The topological polar surface area (TPSA) is 58.6 Å². The maximum absolute atomic E-state index is 10.9. The number of carbonyl (C=O) groups excluding carboxylic acids is 1. The molecule has 0 amide bonds. The number of pyridine rings is 1. The van der Waals surface area contributed by atoms with Gasteiger partial charge in [0.25, 0.3) is 5.24 Å². The van der Waals surface area contributed by atoms with Crippen molar-refractivity contribution in [2.75, 3.05) is 0 Å². The number of rotatable bonds is 2. The molecule has 0 atom stereocenters. The Labute approximate surface area is 85.0 Å². The maximum Gasteiger partial charge on any atom is 0.252 e. The van der Waals surface area contributed by atoms with E-state index in [0.717, 1.165) is 0 Å². The first kappa shape index (κ1) is 8.90. The van der Waals surface area contributed by atoms with Crippen LogP contribution in [-0.4, -0.2) is 20.2 Å². The Morgan fingerprint density at radius 1 is 1.36 bits per heavy atom. The summed E-state index contributed by atoms with van der Waals surface area (Å²) < 4.78 is 0. The van der Waals surface area contributed by atoms with Gasteiger partial charge in [0, 0.05) is 24.2 Å². The van der Waals surface area contributed by atoms with Crippen LogP contribution in [0, 0.1) is 0 Å². The molecule has 4 nitrogen and oxygen atoms in total. The number of nitrogens with zero attached hydrogens (tertiary/aromatic N) is 2. The normalized spacial score (nSPS) is 10.1. The standard InChI is InChI=1S/C9H6ClN3O/c10-8(14)6-1-2-11-7(5-6)9-12-3-4-13-9/h1-5H,(H,12,13). The van der Waals surface area contributed by atoms with Gasteiger partial charge in [-0.25, -0.2) is 4.98 Å². The summed E-state index contributed by atoms with van der Waals surface area (Å²) in [6, 6.07) is 3.15. The Hall–Kier alpha value is -1.68. The highest BCUT2D eigenvalue weighted by Crippen LogP contribution is 2.13. The minimum absolute atomic E-state index is 0.410. The van der Waals surface area contributed by atoms with Gasteiger partial charge in [-0.05, 0) is 23.7 Å². The van der Waals surface area contributed by atoms with Gasteiger partial charge in [0.2, 0.25) is 0 Å². The summed E-state index contributed by atoms with van der Waals surface area (Å²) in [6.45, 7) is 0. The summed E-state index contributed by atoms with van der Waals surface area (Å²) in [5.41, 5.74) is 1.01. The van der Waals surface area contributed by atoms with Crippen LogP contribution in [0.3, 0.4) is 0 Å². The number of hydrogen-bond donors (Lipinski definition) is 1. The van der Waals surface area contributed by atoms with Gasteiger partial charge in [-0.3, -0.25) is 9.78 Å². The lowest BCUT2D eigenvalue weighted by Crippen LogP contribution is -1.92. The van der Waals surface area contributed by atoms with Crippen molar-refractivity contribution < 1.29 is 4.79 Å². The number of nitrogens with one attached hydrogen (secondary N) is 1. The largest absolute Gasteiger partial charge is 0.343 e. The van der Waals surface area contributed by atoms with E-state index in [1.165, 1.54) is 6.20 Å². The molecule has 1 N–H and O–H groups in total. The van der Waals surface area contributed by atoms with Crippen molar-refractivity contribution in [2.24, 2.45) is 0 Å². The number of aromatic amines is 1. The molecule has 14 heavy (non-hydrogen) atoms. The number of imidazole rings is 1. The summed E-state index contributed by atoms with van der Waals surface area (Å²) in [5.74, 6) is 0.616. The van der Waals surface area contributed by atoms with E-state index in [1.54, 1.807) is 24.5 Å². The van der Waals surface area contributed by atoms with E-state index in [2.05, 4.69) is 15.0 Å². The molecule has 70 valence electrons. The minimum atomic E-state index is -0.500. The van der Waals surface area contributed by atoms with E-state index in [-0.39, 0.29) is 0 Å². The predicted molar refractivity (Wildman–Crippen MR) is 52.0 cm³/mol. The molecule has 0 radical (unpaired) electrons. The third-order valence-corrected chi connectivity index (χ3v) is 1.95. The van der Waals surface area contributed by atoms with E-state index in [9.17, 15) is 4.79 Å². The molecule has 0 saturated carbocycles. The van der Waals surface area contributed by atoms with Crippen LogP contribution in [0.5, 0.6) is 0 Å². The molecule has 0 fully saturated rings. The molecule has 0 aliphatic heterocycles. The maximum atomic E-state index is 10.9. The molecule has 0 unspecified atom stereocenters. The first-order valence-corrected chi connectivity index (χ1v) is 4.31. The first-order valence-electron chi connectivity index (χ1n) is 3.93. The molecule has 2 rings (SSSR count). The van der Waals surface area contributed by atoms with E-state index in [1.807, 2.05) is 0 Å². The molecule has 0 aliphatic rings. The molecule has 2 heterocycles. The van der Waals surface area contributed by atoms with Crippen molar-refractivity contribution in [3.05, 3.63) is 36.3 Å². The zero-order valence-electron chi connectivity index (χ0n) is 7.07. The number of H-pyrrole nitrogens is 1. The van der Waals surface area contributed by atoms with Crippen LogP contribution in [0.25, 0.3) is 11.5 Å². The Bertz CT molecular complexity index is 453. The smallest absolute Gasteiger partial charge is 0.252 e. The lowest BCUT2D eigenvalue weighted by Gasteiger charge is -1.97. The van der Waals surface area contributed by atoms with Gasteiger partial charge in [0.15, 0.2) is 5.82 Å². The second-order valence-corrected chi connectivity index (χ2v) is 2.98. The second kappa shape index (κ2) is 3.59. The van der Waals surface area contributed by atoms with Crippen LogP contribution >= 0.6 is 11.6 Å². The minimum Gasteiger partial charge on any atom is -0.343 e. The number of carbonyl (C=O) groups is 1. The molecule has 0 saturated heterocycles. The van der Waals surface area contributed by atoms with Crippen molar-refractivity contribution in [1.29, 1.82) is 0 Å². The van der Waals surface area contributed by atoms with Gasteiger partial charge in [0.1, 0.15) is 5.69 Å². The molecular formula is C9H6ClN3O. The van der Waals surface area contributed by atoms with Crippen LogP contribution < -0.4 is 0 Å². The predicted octanol–water partition coefficient (Wildman–Crippen LogP) is 1.85. The monoisotopic (exact) mass is 207 g/mol. The quantitative estimate of drug-likeness (QED) is 0.765. The first-order chi connectivity index (χ1) is 6.77. The summed E-state index contributed by atoms with van der Waals surface area (Å²) in [5, 5.41) is -0.500. The Morgan fingerprint density at radius 2 is 2.21 bits per heavy atom. The molecule has 0 aromatic carbocycles. The van der Waals surface area contributed by atoms with E-state index in [4.69, 9.17) is 11.6 Å². The zero-order valence-corrected chi connectivity index (χ0v) is 7.82. The summed E-state index contributed by atoms with van der Waals surface area (Å²) >= 11 is 5.34. The molecule has 0 bridgehead atoms. The number of hydrogen-bond acceptors (Lipinski definition) is 3. The molecular weight excluding hydrogens is 202 g/mol. The number of halogens is 1. The molecule has 2 aromatic heterocycles. The fourth-order valence-corrected chi connectivity index (χ4v) is 1.21. The van der Waals surface area contributed by atoms with Crippen molar-refractivity contribution in [2.45, 2.75) is 0 Å². The molecule has 0 aliphatic carbocycles. The average Bonchev–Trinajstić information content (AvgIpc) is 2.71. The molecule has 0 spiro atoms. The Morgan fingerprint density at radius 3 is 2.86 bits per heavy atom. The third kappa shape index (κ3) is 1.65. The SMILES string of the molecule is O=C(Cl)c1ccnc(-c2ncc[nH]2)c1. The highest BCUT2D eigenvalue weighted by molar-refractivity contribution is 6.67. The number of aromatic nitrogens is 3. The fourth-order valence-electron chi connectivity index (χ4n) is 1.09. The third-order valence-electron chi connectivity index (χ3n) is 1.73. The van der Waals surface area contributed by atoms with Crippen LogP contribution in [0.1, 0.15) is 10.4 Å². The van der Waals surface area contributed by atoms with Crippen molar-refractivity contribution in [3.8, 4) is 11.5 Å². The van der Waals surface area contributed by atoms with Crippen molar-refractivity contribution in [3.63, 3.8) is 0 Å². The molecule has 2 aromatic rings. The van der Waals surface area contributed by atoms with Gasteiger partial charge >= 0.3 is 0 Å². The van der Waals surface area contributed by atoms with Crippen LogP contribution in [0.15, 0.2) is 30.7 Å². The van der Waals surface area contributed by atoms with Crippen molar-refractivity contribution >= 4 is 16.8 Å². The van der Waals surface area contributed by atoms with E-state index >= 15 is 0 Å². The van der Waals surface area contributed by atoms with E-state index in [0.29, 0.717) is 17.1 Å². The van der Waals surface area contributed by atoms with Gasteiger partial charge in [-0.2, -0.15) is 0 Å². The fraction of sp³-hybridized carbons (Fsp3) is 0. The highest BCUT2D eigenvalue weighted by Gasteiger charge is 2.06. The Balaban J connectivity index is 2.46. The summed E-state index contributed by atoms with van der Waals surface area (Å²) in [4.78, 5) is 21.8. The highest BCUT2D eigenvalue weighted by atomic mass is 35.5. The van der Waals surface area contributed by atoms with Gasteiger partial charge in [-0.1, -0.05) is 0 Å². The van der Waals surface area contributed by atoms with Crippen molar-refractivity contribution in [1.82, 2.24) is 15.0 Å². The van der Waals surface area contributed by atoms with Crippen LogP contribution in [0.4, 0.5) is 0 Å². The van der Waals surface area contributed by atoms with E-state index < -0.39 is 5.24 Å². The van der Waals surface area contributed by atoms with Gasteiger partial charge in [-0.15, -0.1) is 0 Å². The van der Waals surface area contributed by atoms with Gasteiger partial charge < -0.3 is 4.98 Å². The van der Waals surface area contributed by atoms with Gasteiger partial charge in [0.05, 0.1) is 0 Å². The lowest BCUT2D eigenvalue weighted by atomic mass is 10.2. The molecule has 5 heteroatoms. The van der Waals surface area contributed by atoms with Crippen LogP contribution in [-0.2, 0) is 0 Å². The summed E-state index contributed by atoms with van der Waals surface area (Å²) in [7, 11) is 0. The zero-order chi connectivity index (χ0) is 9.97. The lowest BCUT2D eigenvalue weighted by molar-refractivity contribution is 0.108. The Kier molecular flexibility index (Phi) is 2.28. The summed E-state index contributed by atoms with van der Waals surface area (Å²) in [6.07, 6.45) is 4.83.